The predicted molar refractivity (Wildman–Crippen MR) is 23.4 cm³/mol. The van der Waals surface area contributed by atoms with Crippen molar-refractivity contribution in [3.8, 4) is 0 Å². The minimum absolute atomic E-state index is 1.23. The van der Waals surface area contributed by atoms with Crippen molar-refractivity contribution in [2.45, 2.75) is 0 Å². The Balaban J connectivity index is 3.05. The fourth-order valence-corrected chi connectivity index (χ4v) is 0.716. The zero-order valence-corrected chi connectivity index (χ0v) is 6.55. The first-order valence-electron chi connectivity index (χ1n) is 1.57. The molecule has 0 unspecified atom stereocenters. The van der Waals surface area contributed by atoms with Gasteiger partial charge in [-0.2, -0.15) is 0 Å². The van der Waals surface area contributed by atoms with Crippen molar-refractivity contribution in [1.29, 1.82) is 0 Å². The van der Waals surface area contributed by atoms with Crippen LogP contribution in [0.3, 0.4) is 0 Å². The molecule has 3 heteroatoms. The van der Waals surface area contributed by atoms with Crippen LogP contribution >= 0.6 is 0 Å². The number of hydrogen-bond acceptors (Lipinski definition) is 1. The first-order chi connectivity index (χ1) is 2.89. The first kappa shape index (κ1) is 4.26. The maximum atomic E-state index is 3.81. The Morgan fingerprint density at radius 1 is 1.67 bits per heavy atom. The van der Waals surface area contributed by atoms with Gasteiger partial charge in [-0.05, 0) is 0 Å². The van der Waals surface area contributed by atoms with E-state index in [4.69, 9.17) is 0 Å². The summed E-state index contributed by atoms with van der Waals surface area (Å²) in [7, 11) is 0. The molecule has 0 fully saturated rings. The summed E-state index contributed by atoms with van der Waals surface area (Å²) in [4.78, 5) is 3.81. The van der Waals surface area contributed by atoms with Gasteiger partial charge in [-0.3, -0.25) is 0 Å². The summed E-state index contributed by atoms with van der Waals surface area (Å²) >= 11 is 1.23. The zero-order chi connectivity index (χ0) is 4.41. The van der Waals surface area contributed by atoms with Crippen LogP contribution in [0.5, 0.6) is 0 Å². The molecule has 0 spiro atoms. The second-order valence-electron chi connectivity index (χ2n) is 0.943. The third-order valence-electron chi connectivity index (χ3n) is 0.490. The van der Waals surface area contributed by atoms with Gasteiger partial charge in [-0.1, -0.05) is 0 Å². The van der Waals surface area contributed by atoms with Gasteiger partial charge in [0.25, 0.3) is 0 Å². The fraction of sp³-hybridized carbons (Fsp3) is 0. The topological polar surface area (TPSA) is 17.8 Å². The van der Waals surface area contributed by atoms with Crippen LogP contribution in [0.25, 0.3) is 0 Å². The number of hydrogen-bond donors (Lipinski definition) is 0. The molecule has 0 aliphatic rings. The molecular formula is C3H3BiN2. The van der Waals surface area contributed by atoms with E-state index in [1.807, 2.05) is 8.71 Å². The third-order valence-corrected chi connectivity index (χ3v) is 1.41. The van der Waals surface area contributed by atoms with E-state index < -0.39 is 0 Å². The Labute approximate surface area is 51.4 Å². The van der Waals surface area contributed by atoms with Gasteiger partial charge < -0.3 is 0 Å². The Hall–Kier alpha value is 0.0931. The monoisotopic (exact) mass is 276 g/mol. The van der Waals surface area contributed by atoms with E-state index in [1.54, 1.807) is 12.5 Å². The molecule has 1 aromatic rings. The molecule has 0 saturated heterocycles. The number of aromatic nitrogens is 2. The van der Waals surface area contributed by atoms with Gasteiger partial charge in [0.05, 0.1) is 0 Å². The molecule has 0 bridgehead atoms. The van der Waals surface area contributed by atoms with E-state index >= 15 is 0 Å². The van der Waals surface area contributed by atoms with E-state index in [-0.39, 0.29) is 0 Å². The summed E-state index contributed by atoms with van der Waals surface area (Å²) in [6.45, 7) is 0. The van der Waals surface area contributed by atoms with Gasteiger partial charge in [0, 0.05) is 0 Å². The van der Waals surface area contributed by atoms with Crippen LogP contribution in [0.15, 0.2) is 18.7 Å². The van der Waals surface area contributed by atoms with E-state index in [0.717, 1.165) is 0 Å². The van der Waals surface area contributed by atoms with Crippen molar-refractivity contribution < 1.29 is 0 Å². The zero-order valence-electron chi connectivity index (χ0n) is 3.07. The van der Waals surface area contributed by atoms with E-state index in [1.165, 1.54) is 25.0 Å². The standard InChI is InChI=1S/C3H3N2.Bi/c1-2-5-3-4-1;/h1-3H;/q-1;+1. The molecule has 0 saturated carbocycles. The maximum absolute atomic E-state index is 3.81. The van der Waals surface area contributed by atoms with Crippen LogP contribution in [0.2, 0.25) is 0 Å². The molecule has 1 heterocycles. The van der Waals surface area contributed by atoms with E-state index in [9.17, 15) is 0 Å². The van der Waals surface area contributed by atoms with Gasteiger partial charge in [0.2, 0.25) is 0 Å². The van der Waals surface area contributed by atoms with Crippen molar-refractivity contribution in [3.63, 3.8) is 0 Å². The van der Waals surface area contributed by atoms with Crippen LogP contribution in [-0.4, -0.2) is 32.5 Å². The first-order valence-corrected chi connectivity index (χ1v) is 3.12. The molecule has 0 aromatic carbocycles. The van der Waals surface area contributed by atoms with Gasteiger partial charge in [0.1, 0.15) is 0 Å². The average molecular weight is 276 g/mol. The SMILES string of the molecule is [Bi][n]1ccnc1. The predicted octanol–water partition coefficient (Wildman–Crippen LogP) is -0.185. The Bertz CT molecular complexity index is 112. The van der Waals surface area contributed by atoms with Crippen LogP contribution in [-0.2, 0) is 0 Å². The number of nitrogens with zero attached hydrogens (tertiary/aromatic N) is 2. The van der Waals surface area contributed by atoms with Gasteiger partial charge >= 0.3 is 51.2 Å². The second-order valence-corrected chi connectivity index (χ2v) is 2.74. The molecular weight excluding hydrogens is 273 g/mol. The molecule has 2 nitrogen and oxygen atoms in total. The van der Waals surface area contributed by atoms with Crippen molar-refractivity contribution >= 4 is 25.0 Å². The van der Waals surface area contributed by atoms with E-state index in [0.29, 0.717) is 0 Å². The Morgan fingerprint density at radius 2 is 2.50 bits per heavy atom. The summed E-state index contributed by atoms with van der Waals surface area (Å²) < 4.78 is 2.00. The molecule has 30 valence electrons. The van der Waals surface area contributed by atoms with Crippen molar-refractivity contribution in [1.82, 2.24) is 7.49 Å². The van der Waals surface area contributed by atoms with Crippen molar-refractivity contribution in [3.05, 3.63) is 18.7 Å². The minimum atomic E-state index is 1.23. The molecule has 0 atom stereocenters. The van der Waals surface area contributed by atoms with E-state index in [2.05, 4.69) is 4.98 Å². The summed E-state index contributed by atoms with van der Waals surface area (Å²) in [6, 6.07) is 0. The summed E-state index contributed by atoms with van der Waals surface area (Å²) in [5.41, 5.74) is 0. The Morgan fingerprint density at radius 3 is 2.67 bits per heavy atom. The number of rotatable bonds is 0. The van der Waals surface area contributed by atoms with Gasteiger partial charge in [0.15, 0.2) is 0 Å². The molecule has 2 radical (unpaired) electrons. The van der Waals surface area contributed by atoms with Crippen molar-refractivity contribution in [2.75, 3.05) is 0 Å². The molecule has 0 aliphatic heterocycles. The molecule has 0 N–H and O–H groups in total. The summed E-state index contributed by atoms with van der Waals surface area (Å²) in [5.74, 6) is 0. The average Bonchev–Trinajstić information content (AvgIpc) is 1.86. The molecule has 1 aromatic heterocycles. The van der Waals surface area contributed by atoms with Gasteiger partial charge in [-0.15, -0.1) is 0 Å². The van der Waals surface area contributed by atoms with Crippen LogP contribution < -0.4 is 0 Å². The molecule has 1 rings (SSSR count). The second kappa shape index (κ2) is 1.70. The molecule has 0 amide bonds. The van der Waals surface area contributed by atoms with Crippen molar-refractivity contribution in [2.24, 2.45) is 0 Å². The fourth-order valence-electron chi connectivity index (χ4n) is 0.252. The molecule has 0 aliphatic carbocycles. The van der Waals surface area contributed by atoms with Crippen LogP contribution in [0.4, 0.5) is 0 Å². The normalized spacial score (nSPS) is 8.83. The van der Waals surface area contributed by atoms with Crippen LogP contribution in [0.1, 0.15) is 0 Å². The number of imidazole rings is 1. The molecule has 6 heavy (non-hydrogen) atoms. The Kier molecular flexibility index (Phi) is 1.20. The summed E-state index contributed by atoms with van der Waals surface area (Å²) in [5, 5.41) is 0. The summed E-state index contributed by atoms with van der Waals surface area (Å²) in [6.07, 6.45) is 5.52. The van der Waals surface area contributed by atoms with Gasteiger partial charge in [-0.25, -0.2) is 0 Å². The quantitative estimate of drug-likeness (QED) is 0.601. The third kappa shape index (κ3) is 0.778. The van der Waals surface area contributed by atoms with Crippen LogP contribution in [0, 0.1) is 0 Å².